The molecule has 1 heterocycles. The second kappa shape index (κ2) is 5.14. The number of nitrogens with one attached hydrogen (secondary N) is 1. The van der Waals surface area contributed by atoms with Crippen LogP contribution in [0.2, 0.25) is 0 Å². The van der Waals surface area contributed by atoms with E-state index in [9.17, 15) is 4.79 Å². The van der Waals surface area contributed by atoms with Crippen LogP contribution in [0.15, 0.2) is 54.6 Å². The lowest BCUT2D eigenvalue weighted by Crippen LogP contribution is -2.32. The van der Waals surface area contributed by atoms with Gasteiger partial charge < -0.3 is 0 Å². The third-order valence-corrected chi connectivity index (χ3v) is 3.30. The Hall–Kier alpha value is -2.29. The fourth-order valence-electron chi connectivity index (χ4n) is 2.34. The highest BCUT2D eigenvalue weighted by molar-refractivity contribution is 5.81. The molecule has 0 saturated carbocycles. The molecule has 0 radical (unpaired) electrons. The quantitative estimate of drug-likeness (QED) is 0.910. The molecular weight excluding hydrogens is 236 g/mol. The predicted octanol–water partition coefficient (Wildman–Crippen LogP) is 2.52. The van der Waals surface area contributed by atoms with Crippen molar-refractivity contribution >= 4 is 11.6 Å². The van der Waals surface area contributed by atoms with Crippen LogP contribution in [0.3, 0.4) is 0 Å². The summed E-state index contributed by atoms with van der Waals surface area (Å²) in [4.78, 5) is 11.2. The maximum Gasteiger partial charge on any atom is 0.240 e. The summed E-state index contributed by atoms with van der Waals surface area (Å²) >= 11 is 0. The number of rotatable bonds is 3. The second-order valence-electron chi connectivity index (χ2n) is 4.77. The van der Waals surface area contributed by atoms with Crippen molar-refractivity contribution in [1.29, 1.82) is 0 Å². The van der Waals surface area contributed by atoms with Crippen molar-refractivity contribution in [2.75, 3.05) is 11.6 Å². The molecule has 1 amide bonds. The van der Waals surface area contributed by atoms with E-state index in [2.05, 4.69) is 41.8 Å². The normalized spacial score (nSPS) is 14.5. The predicted molar refractivity (Wildman–Crippen MR) is 75.8 cm³/mol. The molecule has 1 aliphatic heterocycles. The highest BCUT2D eigenvalue weighted by Gasteiger charge is 2.18. The first-order valence-corrected chi connectivity index (χ1v) is 6.51. The van der Waals surface area contributed by atoms with Crippen LogP contribution in [0.25, 0.3) is 0 Å². The van der Waals surface area contributed by atoms with Crippen molar-refractivity contribution in [3.8, 4) is 0 Å². The third-order valence-electron chi connectivity index (χ3n) is 3.30. The molecule has 0 unspecified atom stereocenters. The number of carbonyl (C=O) groups is 1. The SMILES string of the molecule is O=C1CCN(c2cccc(Cc3ccccc3)c2)N1. The van der Waals surface area contributed by atoms with Crippen molar-refractivity contribution in [2.45, 2.75) is 12.8 Å². The lowest BCUT2D eigenvalue weighted by Gasteiger charge is -2.18. The molecule has 1 fully saturated rings. The Morgan fingerprint density at radius 1 is 1.00 bits per heavy atom. The smallest absolute Gasteiger partial charge is 0.240 e. The lowest BCUT2D eigenvalue weighted by atomic mass is 10.0. The van der Waals surface area contributed by atoms with Crippen molar-refractivity contribution in [3.63, 3.8) is 0 Å². The average Bonchev–Trinajstić information content (AvgIpc) is 2.87. The molecule has 96 valence electrons. The van der Waals surface area contributed by atoms with Gasteiger partial charge in [0.05, 0.1) is 5.69 Å². The van der Waals surface area contributed by atoms with Crippen LogP contribution >= 0.6 is 0 Å². The third kappa shape index (κ3) is 2.76. The van der Waals surface area contributed by atoms with Crippen molar-refractivity contribution in [1.82, 2.24) is 5.43 Å². The van der Waals surface area contributed by atoms with Gasteiger partial charge in [-0.3, -0.25) is 15.2 Å². The van der Waals surface area contributed by atoms with E-state index >= 15 is 0 Å². The van der Waals surface area contributed by atoms with Crippen LogP contribution in [0, 0.1) is 0 Å². The van der Waals surface area contributed by atoms with Gasteiger partial charge in [0, 0.05) is 13.0 Å². The first-order valence-electron chi connectivity index (χ1n) is 6.51. The summed E-state index contributed by atoms with van der Waals surface area (Å²) in [7, 11) is 0. The summed E-state index contributed by atoms with van der Waals surface area (Å²) in [5.74, 6) is 0.0912. The number of hydrazine groups is 1. The first kappa shape index (κ1) is 11.8. The highest BCUT2D eigenvalue weighted by atomic mass is 16.2. The number of amides is 1. The Kier molecular flexibility index (Phi) is 3.19. The van der Waals surface area contributed by atoms with Crippen LogP contribution in [-0.2, 0) is 11.2 Å². The first-order chi connectivity index (χ1) is 9.31. The molecule has 0 atom stereocenters. The molecule has 3 rings (SSSR count). The number of nitrogens with zero attached hydrogens (tertiary/aromatic N) is 1. The summed E-state index contributed by atoms with van der Waals surface area (Å²) in [5.41, 5.74) is 6.46. The molecule has 19 heavy (non-hydrogen) atoms. The number of anilines is 1. The largest absolute Gasteiger partial charge is 0.285 e. The molecule has 1 aliphatic rings. The highest BCUT2D eigenvalue weighted by Crippen LogP contribution is 2.19. The van der Waals surface area contributed by atoms with E-state index in [-0.39, 0.29) is 5.91 Å². The molecular formula is C16H16N2O. The Labute approximate surface area is 112 Å². The molecule has 0 aliphatic carbocycles. The number of benzene rings is 2. The van der Waals surface area contributed by atoms with Gasteiger partial charge in [-0.05, 0) is 29.7 Å². The van der Waals surface area contributed by atoms with Gasteiger partial charge in [-0.25, -0.2) is 0 Å². The van der Waals surface area contributed by atoms with Crippen molar-refractivity contribution in [2.24, 2.45) is 0 Å². The maximum atomic E-state index is 11.2. The minimum atomic E-state index is 0.0912. The van der Waals surface area contributed by atoms with Gasteiger partial charge in [-0.1, -0.05) is 42.5 Å². The van der Waals surface area contributed by atoms with E-state index in [1.165, 1.54) is 11.1 Å². The molecule has 2 aromatic carbocycles. The van der Waals surface area contributed by atoms with Gasteiger partial charge in [0.15, 0.2) is 0 Å². The van der Waals surface area contributed by atoms with E-state index in [4.69, 9.17) is 0 Å². The Balaban J connectivity index is 1.78. The maximum absolute atomic E-state index is 11.2. The summed E-state index contributed by atoms with van der Waals surface area (Å²) in [6.45, 7) is 0.744. The van der Waals surface area contributed by atoms with Crippen LogP contribution in [0.5, 0.6) is 0 Å². The number of hydrogen-bond acceptors (Lipinski definition) is 2. The molecule has 2 aromatic rings. The minimum Gasteiger partial charge on any atom is -0.285 e. The lowest BCUT2D eigenvalue weighted by molar-refractivity contribution is -0.119. The summed E-state index contributed by atoms with van der Waals surface area (Å²) in [6, 6.07) is 18.7. The summed E-state index contributed by atoms with van der Waals surface area (Å²) in [6.07, 6.45) is 1.49. The molecule has 1 saturated heterocycles. The second-order valence-corrected chi connectivity index (χ2v) is 4.77. The van der Waals surface area contributed by atoms with Crippen molar-refractivity contribution in [3.05, 3.63) is 65.7 Å². The van der Waals surface area contributed by atoms with E-state index in [1.807, 2.05) is 23.2 Å². The molecule has 1 N–H and O–H groups in total. The molecule has 0 spiro atoms. The monoisotopic (exact) mass is 252 g/mol. The van der Waals surface area contributed by atoms with Gasteiger partial charge in [-0.15, -0.1) is 0 Å². The van der Waals surface area contributed by atoms with Gasteiger partial charge in [-0.2, -0.15) is 0 Å². The van der Waals surface area contributed by atoms with Crippen LogP contribution in [0.4, 0.5) is 5.69 Å². The molecule has 0 bridgehead atoms. The fraction of sp³-hybridized carbons (Fsp3) is 0.188. The number of carbonyl (C=O) groups excluding carboxylic acids is 1. The topological polar surface area (TPSA) is 32.3 Å². The Bertz CT molecular complexity index is 580. The van der Waals surface area contributed by atoms with E-state index < -0.39 is 0 Å². The van der Waals surface area contributed by atoms with Crippen LogP contribution in [0.1, 0.15) is 17.5 Å². The standard InChI is InChI=1S/C16H16N2O/c19-16-9-10-18(17-16)15-8-4-7-14(12-15)11-13-5-2-1-3-6-13/h1-8,12H,9-11H2,(H,17,19). The van der Waals surface area contributed by atoms with E-state index in [0.29, 0.717) is 6.42 Å². The summed E-state index contributed by atoms with van der Waals surface area (Å²) in [5, 5.41) is 1.91. The Morgan fingerprint density at radius 2 is 1.79 bits per heavy atom. The zero-order chi connectivity index (χ0) is 13.1. The minimum absolute atomic E-state index is 0.0912. The van der Waals surface area contributed by atoms with Gasteiger partial charge >= 0.3 is 0 Å². The van der Waals surface area contributed by atoms with E-state index in [0.717, 1.165) is 18.7 Å². The summed E-state index contributed by atoms with van der Waals surface area (Å²) < 4.78 is 0. The Morgan fingerprint density at radius 3 is 2.53 bits per heavy atom. The molecule has 3 nitrogen and oxygen atoms in total. The molecule has 3 heteroatoms. The van der Waals surface area contributed by atoms with Gasteiger partial charge in [0.2, 0.25) is 5.91 Å². The number of hydrogen-bond donors (Lipinski definition) is 1. The zero-order valence-corrected chi connectivity index (χ0v) is 10.7. The van der Waals surface area contributed by atoms with E-state index in [1.54, 1.807) is 0 Å². The van der Waals surface area contributed by atoms with Crippen LogP contribution in [-0.4, -0.2) is 12.5 Å². The average molecular weight is 252 g/mol. The zero-order valence-electron chi connectivity index (χ0n) is 10.7. The van der Waals surface area contributed by atoms with Crippen molar-refractivity contribution < 1.29 is 4.79 Å². The van der Waals surface area contributed by atoms with Crippen LogP contribution < -0.4 is 10.4 Å². The van der Waals surface area contributed by atoms with Gasteiger partial charge in [0.25, 0.3) is 0 Å². The fourth-order valence-corrected chi connectivity index (χ4v) is 2.34. The van der Waals surface area contributed by atoms with Gasteiger partial charge in [0.1, 0.15) is 0 Å². The molecule has 0 aromatic heterocycles.